The molecule has 1 atom stereocenters. The van der Waals surface area contributed by atoms with Crippen LogP contribution in [0.25, 0.3) is 11.4 Å². The van der Waals surface area contributed by atoms with Crippen LogP contribution in [-0.4, -0.2) is 29.7 Å². The predicted octanol–water partition coefficient (Wildman–Crippen LogP) is 3.57. The maximum absolute atomic E-state index is 12.4. The lowest BCUT2D eigenvalue weighted by Gasteiger charge is -2.16. The summed E-state index contributed by atoms with van der Waals surface area (Å²) in [5, 5.41) is 4.09. The number of rotatable bonds is 4. The van der Waals surface area contributed by atoms with Gasteiger partial charge in [-0.25, -0.2) is 0 Å². The minimum atomic E-state index is -0.101. The highest BCUT2D eigenvalue weighted by Gasteiger charge is 2.35. The Morgan fingerprint density at radius 3 is 2.73 bits per heavy atom. The molecule has 0 bridgehead atoms. The van der Waals surface area contributed by atoms with Crippen LogP contribution in [0.1, 0.15) is 23.8 Å². The van der Waals surface area contributed by atoms with E-state index in [1.54, 1.807) is 12.0 Å². The summed E-state index contributed by atoms with van der Waals surface area (Å²) in [6, 6.07) is 15.4. The molecule has 0 saturated carbocycles. The second-order valence-electron chi connectivity index (χ2n) is 6.43. The number of aromatic nitrogens is 2. The average molecular weight is 349 g/mol. The molecule has 1 aliphatic rings. The van der Waals surface area contributed by atoms with E-state index in [4.69, 9.17) is 9.26 Å². The maximum atomic E-state index is 12.4. The van der Waals surface area contributed by atoms with E-state index >= 15 is 0 Å². The average Bonchev–Trinajstić information content (AvgIpc) is 3.29. The molecule has 3 aromatic rings. The fraction of sp³-hybridized carbons (Fsp3) is 0.250. The van der Waals surface area contributed by atoms with Gasteiger partial charge in [0.1, 0.15) is 5.75 Å². The lowest BCUT2D eigenvalue weighted by atomic mass is 10.1. The van der Waals surface area contributed by atoms with Crippen LogP contribution in [0, 0.1) is 6.92 Å². The van der Waals surface area contributed by atoms with Crippen LogP contribution in [0.15, 0.2) is 53.1 Å². The highest BCUT2D eigenvalue weighted by atomic mass is 16.5. The Balaban J connectivity index is 1.53. The zero-order valence-corrected chi connectivity index (χ0v) is 14.7. The molecule has 1 amide bonds. The quantitative estimate of drug-likeness (QED) is 0.720. The number of nitrogens with zero attached hydrogens (tertiary/aromatic N) is 3. The number of carbonyl (C=O) groups is 1. The Bertz CT molecular complexity index is 933. The second kappa shape index (κ2) is 6.63. The van der Waals surface area contributed by atoms with Crippen LogP contribution in [0.3, 0.4) is 0 Å². The van der Waals surface area contributed by atoms with Crippen molar-refractivity contribution in [1.82, 2.24) is 10.1 Å². The third kappa shape index (κ3) is 3.06. The molecule has 1 aromatic heterocycles. The van der Waals surface area contributed by atoms with Gasteiger partial charge in [-0.3, -0.25) is 4.79 Å². The number of methoxy groups -OCH3 is 1. The van der Waals surface area contributed by atoms with Crippen LogP contribution in [0.2, 0.25) is 0 Å². The highest BCUT2D eigenvalue weighted by Crippen LogP contribution is 2.32. The highest BCUT2D eigenvalue weighted by molar-refractivity contribution is 5.96. The van der Waals surface area contributed by atoms with Gasteiger partial charge in [-0.2, -0.15) is 4.98 Å². The number of amides is 1. The van der Waals surface area contributed by atoms with Crippen molar-refractivity contribution in [3.63, 3.8) is 0 Å². The fourth-order valence-electron chi connectivity index (χ4n) is 3.19. The van der Waals surface area contributed by atoms with Crippen LogP contribution in [0.4, 0.5) is 5.69 Å². The molecule has 6 heteroatoms. The van der Waals surface area contributed by atoms with Gasteiger partial charge in [0.25, 0.3) is 0 Å². The van der Waals surface area contributed by atoms with E-state index in [1.165, 1.54) is 0 Å². The van der Waals surface area contributed by atoms with Gasteiger partial charge < -0.3 is 14.2 Å². The summed E-state index contributed by atoms with van der Waals surface area (Å²) in [7, 11) is 1.62. The van der Waals surface area contributed by atoms with Crippen LogP contribution in [-0.2, 0) is 4.79 Å². The van der Waals surface area contributed by atoms with E-state index in [2.05, 4.69) is 10.1 Å². The first-order chi connectivity index (χ1) is 12.6. The van der Waals surface area contributed by atoms with Crippen molar-refractivity contribution in [2.75, 3.05) is 18.6 Å². The largest absolute Gasteiger partial charge is 0.497 e. The van der Waals surface area contributed by atoms with Gasteiger partial charge in [-0.05, 0) is 37.3 Å². The lowest BCUT2D eigenvalue weighted by Crippen LogP contribution is -2.24. The molecular formula is C20H19N3O3. The topological polar surface area (TPSA) is 68.5 Å². The number of aryl methyl sites for hydroxylation is 1. The van der Waals surface area contributed by atoms with Gasteiger partial charge in [-0.15, -0.1) is 0 Å². The molecule has 132 valence electrons. The van der Waals surface area contributed by atoms with E-state index in [0.717, 1.165) is 22.6 Å². The van der Waals surface area contributed by atoms with Crippen LogP contribution < -0.4 is 9.64 Å². The minimum Gasteiger partial charge on any atom is -0.497 e. The molecule has 0 spiro atoms. The van der Waals surface area contributed by atoms with Crippen molar-refractivity contribution < 1.29 is 14.1 Å². The Morgan fingerprint density at radius 2 is 2.00 bits per heavy atom. The molecular weight excluding hydrogens is 330 g/mol. The summed E-state index contributed by atoms with van der Waals surface area (Å²) in [6.07, 6.45) is 0.363. The van der Waals surface area contributed by atoms with Gasteiger partial charge in [0.05, 0.1) is 13.0 Å². The number of benzene rings is 2. The van der Waals surface area contributed by atoms with Gasteiger partial charge in [0.15, 0.2) is 0 Å². The second-order valence-corrected chi connectivity index (χ2v) is 6.43. The van der Waals surface area contributed by atoms with E-state index < -0.39 is 0 Å². The summed E-state index contributed by atoms with van der Waals surface area (Å²) in [5.41, 5.74) is 2.89. The monoisotopic (exact) mass is 349 g/mol. The van der Waals surface area contributed by atoms with E-state index in [1.807, 2.05) is 55.5 Å². The molecule has 1 fully saturated rings. The molecule has 0 unspecified atom stereocenters. The van der Waals surface area contributed by atoms with E-state index in [-0.39, 0.29) is 11.8 Å². The number of carbonyl (C=O) groups excluding carboxylic acids is 1. The number of ether oxygens (including phenoxy) is 1. The molecule has 2 aromatic carbocycles. The van der Waals surface area contributed by atoms with Crippen molar-refractivity contribution in [2.45, 2.75) is 19.3 Å². The fourth-order valence-corrected chi connectivity index (χ4v) is 3.19. The van der Waals surface area contributed by atoms with Gasteiger partial charge in [0, 0.05) is 24.2 Å². The van der Waals surface area contributed by atoms with Crippen molar-refractivity contribution in [3.05, 3.63) is 60.0 Å². The normalized spacial score (nSPS) is 16.9. The molecule has 0 N–H and O–H groups in total. The Kier molecular flexibility index (Phi) is 4.16. The smallest absolute Gasteiger partial charge is 0.232 e. The SMILES string of the molecule is COc1ccc(N2C[C@@H](c3nc(-c4cccc(C)c4)no3)CC2=O)cc1. The van der Waals surface area contributed by atoms with E-state index in [9.17, 15) is 4.79 Å². The number of anilines is 1. The Labute approximate surface area is 151 Å². The van der Waals surface area contributed by atoms with Gasteiger partial charge >= 0.3 is 0 Å². The lowest BCUT2D eigenvalue weighted by molar-refractivity contribution is -0.117. The van der Waals surface area contributed by atoms with Crippen LogP contribution >= 0.6 is 0 Å². The Hall–Kier alpha value is -3.15. The minimum absolute atomic E-state index is 0.0514. The van der Waals surface area contributed by atoms with E-state index in [0.29, 0.717) is 24.7 Å². The maximum Gasteiger partial charge on any atom is 0.232 e. The summed E-state index contributed by atoms with van der Waals surface area (Å²) in [4.78, 5) is 18.7. The third-order valence-corrected chi connectivity index (χ3v) is 4.58. The first kappa shape index (κ1) is 16.3. The molecule has 1 saturated heterocycles. The van der Waals surface area contributed by atoms with Crippen LogP contribution in [0.5, 0.6) is 5.75 Å². The molecule has 0 radical (unpaired) electrons. The molecule has 1 aliphatic heterocycles. The summed E-state index contributed by atoms with van der Waals surface area (Å²) >= 11 is 0. The van der Waals surface area contributed by atoms with Crippen molar-refractivity contribution in [3.8, 4) is 17.1 Å². The Morgan fingerprint density at radius 1 is 1.19 bits per heavy atom. The summed E-state index contributed by atoms with van der Waals surface area (Å²) in [5.74, 6) is 1.77. The van der Waals surface area contributed by atoms with Gasteiger partial charge in [0.2, 0.25) is 17.6 Å². The first-order valence-corrected chi connectivity index (χ1v) is 8.49. The zero-order valence-electron chi connectivity index (χ0n) is 14.7. The number of hydrogen-bond donors (Lipinski definition) is 0. The molecule has 0 aliphatic carbocycles. The first-order valence-electron chi connectivity index (χ1n) is 8.49. The predicted molar refractivity (Wildman–Crippen MR) is 97.2 cm³/mol. The third-order valence-electron chi connectivity index (χ3n) is 4.58. The summed E-state index contributed by atoms with van der Waals surface area (Å²) in [6.45, 7) is 2.55. The van der Waals surface area contributed by atoms with Crippen molar-refractivity contribution in [2.24, 2.45) is 0 Å². The van der Waals surface area contributed by atoms with Gasteiger partial charge in [-0.1, -0.05) is 28.9 Å². The zero-order chi connectivity index (χ0) is 18.1. The molecule has 2 heterocycles. The molecule has 4 rings (SSSR count). The molecule has 26 heavy (non-hydrogen) atoms. The van der Waals surface area contributed by atoms with Crippen molar-refractivity contribution >= 4 is 11.6 Å². The van der Waals surface area contributed by atoms with Crippen molar-refractivity contribution in [1.29, 1.82) is 0 Å². The molecule has 6 nitrogen and oxygen atoms in total. The standard InChI is InChI=1S/C20H19N3O3/c1-13-4-3-5-14(10-13)19-21-20(26-22-19)15-11-18(24)23(12-15)16-6-8-17(25-2)9-7-16/h3-10,15H,11-12H2,1-2H3/t15-/m0/s1. The summed E-state index contributed by atoms with van der Waals surface area (Å²) < 4.78 is 10.6. The number of hydrogen-bond acceptors (Lipinski definition) is 5.